The number of hydrogen-bond acceptors (Lipinski definition) is 0. The van der Waals surface area contributed by atoms with Gasteiger partial charge in [-0.3, -0.25) is 12.2 Å². The van der Waals surface area contributed by atoms with Gasteiger partial charge in [-0.2, -0.15) is 12.2 Å². The smallest absolute Gasteiger partial charge is 0.109 e. The van der Waals surface area contributed by atoms with Gasteiger partial charge in [0.25, 0.3) is 0 Å². The van der Waals surface area contributed by atoms with E-state index in [1.165, 1.54) is 0 Å². The fourth-order valence-electron chi connectivity index (χ4n) is 0.680. The molecule has 0 heterocycles. The molecule has 0 aromatic rings. The summed E-state index contributed by atoms with van der Waals surface area (Å²) in [7, 11) is 0. The van der Waals surface area contributed by atoms with Gasteiger partial charge in [0.05, 0.1) is 0 Å². The Bertz CT molecular complexity index is 300. The fourth-order valence-corrected chi connectivity index (χ4v) is 0.680. The van der Waals surface area contributed by atoms with Gasteiger partial charge < -0.3 is 0 Å². The van der Waals surface area contributed by atoms with Crippen LogP contribution in [0.5, 0.6) is 0 Å². The molecule has 6 heteroatoms. The van der Waals surface area contributed by atoms with Gasteiger partial charge in [0.1, 0.15) is 0 Å². The van der Waals surface area contributed by atoms with Crippen molar-refractivity contribution in [3.05, 3.63) is 48.6 Å². The molecule has 0 unspecified atom stereocenters. The molecule has 0 saturated heterocycles. The van der Waals surface area contributed by atoms with Gasteiger partial charge >= 0.3 is 53.7 Å². The summed E-state index contributed by atoms with van der Waals surface area (Å²) < 4.78 is 33.1. The van der Waals surface area contributed by atoms with E-state index in [0.29, 0.717) is 24.2 Å². The molecule has 0 saturated carbocycles. The molecule has 0 amide bonds. The average Bonchev–Trinajstić information content (AvgIpc) is 2.96. The molecule has 0 radical (unpaired) electrons. The Hall–Kier alpha value is 0.0831. The van der Waals surface area contributed by atoms with E-state index in [-0.39, 0.29) is 24.8 Å². The molecule has 0 fully saturated rings. The minimum absolute atomic E-state index is 0. The van der Waals surface area contributed by atoms with E-state index in [1.54, 1.807) is 0 Å². The molecule has 2 aliphatic carbocycles. The summed E-state index contributed by atoms with van der Waals surface area (Å²) in [6.45, 7) is 1.08. The molecule has 0 aliphatic heterocycles. The van der Waals surface area contributed by atoms with E-state index in [9.17, 15) is 13.2 Å². The summed E-state index contributed by atoms with van der Waals surface area (Å²) in [5.74, 6) is 0. The van der Waals surface area contributed by atoms with Gasteiger partial charge in [-0.15, -0.1) is 37.7 Å². The van der Waals surface area contributed by atoms with Crippen LogP contribution in [0.1, 0.15) is 19.8 Å². The van der Waals surface area contributed by atoms with E-state index in [0.717, 1.165) is 19.8 Å². The molecular weight excluding hydrogens is 375 g/mol. The van der Waals surface area contributed by atoms with Crippen LogP contribution < -0.4 is 0 Å². The molecular formula is C13H15Cl2F3Zr. The fraction of sp³-hybridized carbons (Fsp3) is 0.308. The topological polar surface area (TPSA) is 0 Å². The van der Waals surface area contributed by atoms with Crippen LogP contribution in [-0.2, 0) is 24.2 Å². The van der Waals surface area contributed by atoms with Crippen molar-refractivity contribution in [1.82, 2.24) is 0 Å². The molecule has 0 aromatic carbocycles. The third kappa shape index (κ3) is 18.1. The minimum atomic E-state index is -4.04. The first-order valence-corrected chi connectivity index (χ1v) is 6.23. The Morgan fingerprint density at radius 2 is 1.32 bits per heavy atom. The third-order valence-corrected chi connectivity index (χ3v) is 2.29. The van der Waals surface area contributed by atoms with Crippen molar-refractivity contribution in [2.45, 2.75) is 25.9 Å². The monoisotopic (exact) mass is 388 g/mol. The van der Waals surface area contributed by atoms with Crippen LogP contribution in [0, 0.1) is 12.2 Å². The van der Waals surface area contributed by atoms with Crippen molar-refractivity contribution >= 4 is 28.0 Å². The second-order valence-electron chi connectivity index (χ2n) is 3.13. The third-order valence-electron chi connectivity index (χ3n) is 1.60. The average molecular weight is 390 g/mol. The van der Waals surface area contributed by atoms with Gasteiger partial charge in [-0.05, 0) is 0 Å². The first-order valence-electron chi connectivity index (χ1n) is 5.00. The molecule has 2 aliphatic rings. The SMILES string of the molecule is C[C](=[Zr+2])C(F)(F)F.Cl.Cl.[C-]1=CC=CC1.[C-]1=CC=CC1. The molecule has 0 bridgehead atoms. The quantitative estimate of drug-likeness (QED) is 0.524. The molecule has 0 atom stereocenters. The van der Waals surface area contributed by atoms with E-state index < -0.39 is 9.38 Å². The number of halogens is 5. The summed E-state index contributed by atoms with van der Waals surface area (Å²) in [4.78, 5) is 0. The first kappa shape index (κ1) is 24.1. The molecule has 19 heavy (non-hydrogen) atoms. The standard InChI is InChI=1S/2C5H5.C3H3F3.2ClH.Zr/c2*1-2-4-5-3-1;1-2-3(4,5)6;;;/h2*1-3H,4H2;1H3;2*1H;/q2*-1;;;;+2. The summed E-state index contributed by atoms with van der Waals surface area (Å²) in [5.41, 5.74) is 0. The van der Waals surface area contributed by atoms with E-state index >= 15 is 0 Å². The van der Waals surface area contributed by atoms with Crippen molar-refractivity contribution in [3.63, 3.8) is 0 Å². The maximum absolute atomic E-state index is 11.2. The first-order chi connectivity index (χ1) is 7.94. The Balaban J connectivity index is -0.000000194. The van der Waals surface area contributed by atoms with Gasteiger partial charge in [-0.1, -0.05) is 0 Å². The van der Waals surface area contributed by atoms with Crippen molar-refractivity contribution < 1.29 is 37.4 Å². The van der Waals surface area contributed by atoms with Crippen molar-refractivity contribution in [3.8, 4) is 0 Å². The number of hydrogen-bond donors (Lipinski definition) is 0. The van der Waals surface area contributed by atoms with Gasteiger partial charge in [0.2, 0.25) is 0 Å². The van der Waals surface area contributed by atoms with E-state index in [4.69, 9.17) is 0 Å². The Kier molecular flexibility index (Phi) is 18.4. The van der Waals surface area contributed by atoms with Crippen molar-refractivity contribution in [2.24, 2.45) is 0 Å². The largest absolute Gasteiger partial charge is 0.273 e. The summed E-state index contributed by atoms with van der Waals surface area (Å²) >= 11 is 0.444. The van der Waals surface area contributed by atoms with Gasteiger partial charge in [0.15, 0.2) is 0 Å². The maximum Gasteiger partial charge on any atom is -0.109 e. The predicted molar refractivity (Wildman–Crippen MR) is 74.4 cm³/mol. The predicted octanol–water partition coefficient (Wildman–Crippen LogP) is 4.74. The second kappa shape index (κ2) is 14.5. The van der Waals surface area contributed by atoms with Crippen LogP contribution >= 0.6 is 24.8 Å². The van der Waals surface area contributed by atoms with E-state index in [1.807, 2.05) is 24.3 Å². The van der Waals surface area contributed by atoms with Crippen LogP contribution in [0.25, 0.3) is 0 Å². The molecule has 106 valence electrons. The molecule has 0 aromatic heterocycles. The van der Waals surface area contributed by atoms with Gasteiger partial charge in [0, 0.05) is 0 Å². The Morgan fingerprint density at radius 3 is 1.37 bits per heavy atom. The normalized spacial score (nSPS) is 13.6. The zero-order valence-electron chi connectivity index (χ0n) is 10.3. The Morgan fingerprint density at radius 1 is 1.00 bits per heavy atom. The number of rotatable bonds is 0. The van der Waals surface area contributed by atoms with Crippen LogP contribution in [0.4, 0.5) is 13.2 Å². The van der Waals surface area contributed by atoms with Crippen LogP contribution in [0.15, 0.2) is 36.5 Å². The van der Waals surface area contributed by atoms with Crippen LogP contribution in [0.3, 0.4) is 0 Å². The molecule has 0 nitrogen and oxygen atoms in total. The van der Waals surface area contributed by atoms with Gasteiger partial charge in [-0.25, -0.2) is 24.3 Å². The van der Waals surface area contributed by atoms with E-state index in [2.05, 4.69) is 24.3 Å². The van der Waals surface area contributed by atoms with Crippen molar-refractivity contribution in [1.29, 1.82) is 0 Å². The number of allylic oxidation sites excluding steroid dienone is 8. The zero-order chi connectivity index (χ0) is 13.1. The Labute approximate surface area is 139 Å². The molecule has 0 spiro atoms. The minimum Gasteiger partial charge on any atom is -0.273 e. The second-order valence-corrected chi connectivity index (χ2v) is 4.97. The zero-order valence-corrected chi connectivity index (χ0v) is 14.4. The number of alkyl halides is 3. The van der Waals surface area contributed by atoms with Crippen LogP contribution in [0.2, 0.25) is 0 Å². The molecule has 0 N–H and O–H groups in total. The van der Waals surface area contributed by atoms with Crippen molar-refractivity contribution in [2.75, 3.05) is 0 Å². The summed E-state index contributed by atoms with van der Waals surface area (Å²) in [6, 6.07) is 0. The summed E-state index contributed by atoms with van der Waals surface area (Å²) in [6.07, 6.45) is 16.0. The van der Waals surface area contributed by atoms with Crippen LogP contribution in [-0.4, -0.2) is 9.38 Å². The maximum atomic E-state index is 11.2. The molecule has 2 rings (SSSR count). The summed E-state index contributed by atoms with van der Waals surface area (Å²) in [5, 5.41) is 0.